The molecule has 0 amide bonds. The van der Waals surface area contributed by atoms with Crippen LogP contribution in [0.2, 0.25) is 5.02 Å². The third-order valence-electron chi connectivity index (χ3n) is 4.70. The zero-order valence-corrected chi connectivity index (χ0v) is 15.1. The first-order chi connectivity index (χ1) is 11.4. The number of halogens is 1. The van der Waals surface area contributed by atoms with Crippen LogP contribution < -0.4 is 0 Å². The molecule has 3 rings (SSSR count). The topological polar surface area (TPSA) is 76.1 Å². The first-order valence-corrected chi connectivity index (χ1v) is 9.91. The predicted octanol–water partition coefficient (Wildman–Crippen LogP) is 2.01. The van der Waals surface area contributed by atoms with Crippen molar-refractivity contribution in [3.05, 3.63) is 29.3 Å². The first-order valence-electron chi connectivity index (χ1n) is 8.10. The molecule has 0 aromatic heterocycles. The van der Waals surface area contributed by atoms with E-state index in [1.807, 2.05) is 6.92 Å². The molecule has 1 aromatic carbocycles. The average Bonchev–Trinajstić information content (AvgIpc) is 3.01. The Morgan fingerprint density at radius 2 is 1.79 bits per heavy atom. The number of hydrogen-bond acceptors (Lipinski definition) is 5. The molecular formula is C16H22ClNO5S. The monoisotopic (exact) mass is 375 g/mol. The van der Waals surface area contributed by atoms with Gasteiger partial charge in [0.25, 0.3) is 0 Å². The summed E-state index contributed by atoms with van der Waals surface area (Å²) in [6.07, 6.45) is 1.40. The third kappa shape index (κ3) is 3.21. The van der Waals surface area contributed by atoms with Gasteiger partial charge < -0.3 is 14.6 Å². The molecule has 1 spiro atoms. The van der Waals surface area contributed by atoms with E-state index in [2.05, 4.69) is 0 Å². The number of rotatable bonds is 4. The second-order valence-corrected chi connectivity index (χ2v) is 8.48. The zero-order chi connectivity index (χ0) is 17.4. The molecule has 2 fully saturated rings. The molecule has 24 heavy (non-hydrogen) atoms. The van der Waals surface area contributed by atoms with Crippen LogP contribution in [-0.4, -0.2) is 55.5 Å². The molecule has 8 heteroatoms. The molecule has 0 aliphatic carbocycles. The first kappa shape index (κ1) is 18.1. The maximum absolute atomic E-state index is 13.1. The number of piperidine rings is 1. The summed E-state index contributed by atoms with van der Waals surface area (Å²) in [7, 11) is -3.74. The van der Waals surface area contributed by atoms with Crippen molar-refractivity contribution < 1.29 is 23.0 Å². The Balaban J connectivity index is 1.96. The Bertz CT molecular complexity index is 656. The van der Waals surface area contributed by atoms with Crippen molar-refractivity contribution >= 4 is 21.6 Å². The van der Waals surface area contributed by atoms with Crippen LogP contribution in [0.3, 0.4) is 0 Å². The number of nitrogens with zero attached hydrogens (tertiary/aromatic N) is 1. The van der Waals surface area contributed by atoms with Gasteiger partial charge in [0.15, 0.2) is 5.79 Å². The standard InChI is InChI=1S/C16H22ClNO5S/c1-2-13-9-16(22-7-8-23-16)10-14(11-19)18(13)24(20,21)15-5-3-12(17)4-6-15/h3-6,13-14,19H,2,7-11H2,1H3. The van der Waals surface area contributed by atoms with E-state index >= 15 is 0 Å². The molecule has 2 aliphatic rings. The lowest BCUT2D eigenvalue weighted by atomic mass is 9.91. The Labute approximate surface area is 147 Å². The lowest BCUT2D eigenvalue weighted by molar-refractivity contribution is -0.202. The van der Waals surface area contributed by atoms with E-state index < -0.39 is 21.9 Å². The molecule has 1 N–H and O–H groups in total. The molecule has 2 atom stereocenters. The highest BCUT2D eigenvalue weighted by atomic mass is 35.5. The molecule has 6 nitrogen and oxygen atoms in total. The number of aliphatic hydroxyl groups excluding tert-OH is 1. The van der Waals surface area contributed by atoms with Crippen LogP contribution in [0, 0.1) is 0 Å². The van der Waals surface area contributed by atoms with Crippen LogP contribution in [0.1, 0.15) is 26.2 Å². The summed E-state index contributed by atoms with van der Waals surface area (Å²) in [5.74, 6) is -0.778. The van der Waals surface area contributed by atoms with E-state index in [1.54, 1.807) is 12.1 Å². The van der Waals surface area contributed by atoms with Crippen LogP contribution in [0.5, 0.6) is 0 Å². The molecule has 2 aliphatic heterocycles. The molecule has 0 bridgehead atoms. The van der Waals surface area contributed by atoms with E-state index in [0.29, 0.717) is 37.5 Å². The maximum Gasteiger partial charge on any atom is 0.243 e. The molecule has 2 heterocycles. The SMILES string of the molecule is CCC1CC2(CC(CO)N1S(=O)(=O)c1ccc(Cl)cc1)OCCO2. The highest BCUT2D eigenvalue weighted by Crippen LogP contribution is 2.41. The van der Waals surface area contributed by atoms with Crippen molar-refractivity contribution in [3.8, 4) is 0 Å². The van der Waals surface area contributed by atoms with Crippen LogP contribution in [0.25, 0.3) is 0 Å². The maximum atomic E-state index is 13.1. The minimum absolute atomic E-state index is 0.174. The molecule has 2 unspecified atom stereocenters. The second kappa shape index (κ2) is 6.90. The quantitative estimate of drug-likeness (QED) is 0.871. The fourth-order valence-corrected chi connectivity index (χ4v) is 5.60. The third-order valence-corrected chi connectivity index (χ3v) is 6.97. The van der Waals surface area contributed by atoms with Crippen LogP contribution in [-0.2, 0) is 19.5 Å². The van der Waals surface area contributed by atoms with E-state index in [4.69, 9.17) is 21.1 Å². The summed E-state index contributed by atoms with van der Waals surface area (Å²) in [6, 6.07) is 5.21. The highest BCUT2D eigenvalue weighted by Gasteiger charge is 2.51. The number of sulfonamides is 1. The number of hydrogen-bond donors (Lipinski definition) is 1. The van der Waals surface area contributed by atoms with Gasteiger partial charge in [0, 0.05) is 23.9 Å². The van der Waals surface area contributed by atoms with E-state index in [9.17, 15) is 13.5 Å². The van der Waals surface area contributed by atoms with Gasteiger partial charge in [-0.15, -0.1) is 0 Å². The lowest BCUT2D eigenvalue weighted by Crippen LogP contribution is -2.59. The summed E-state index contributed by atoms with van der Waals surface area (Å²) in [5, 5.41) is 10.3. The molecule has 2 saturated heterocycles. The van der Waals surface area contributed by atoms with E-state index in [1.165, 1.54) is 16.4 Å². The normalized spacial score (nSPS) is 27.6. The van der Waals surface area contributed by atoms with Gasteiger partial charge in [0.1, 0.15) is 0 Å². The minimum Gasteiger partial charge on any atom is -0.395 e. The Hall–Kier alpha value is -0.700. The summed E-state index contributed by atoms with van der Waals surface area (Å²) in [6.45, 7) is 2.65. The van der Waals surface area contributed by atoms with Crippen molar-refractivity contribution in [2.45, 2.75) is 49.0 Å². The number of ether oxygens (including phenoxy) is 2. The zero-order valence-electron chi connectivity index (χ0n) is 13.5. The van der Waals surface area contributed by atoms with Crippen molar-refractivity contribution in [2.75, 3.05) is 19.8 Å². The Morgan fingerprint density at radius 1 is 1.21 bits per heavy atom. The van der Waals surface area contributed by atoms with Gasteiger partial charge in [-0.05, 0) is 30.7 Å². The van der Waals surface area contributed by atoms with Gasteiger partial charge in [-0.2, -0.15) is 4.31 Å². The summed E-state index contributed by atoms with van der Waals surface area (Å²) in [4.78, 5) is 0.174. The van der Waals surface area contributed by atoms with Gasteiger partial charge in [0.2, 0.25) is 10.0 Å². The minimum atomic E-state index is -3.74. The molecule has 1 aromatic rings. The van der Waals surface area contributed by atoms with Crippen LogP contribution >= 0.6 is 11.6 Å². The van der Waals surface area contributed by atoms with Crippen LogP contribution in [0.15, 0.2) is 29.2 Å². The van der Waals surface area contributed by atoms with Gasteiger partial charge in [0.05, 0.1) is 30.8 Å². The van der Waals surface area contributed by atoms with Crippen molar-refractivity contribution in [1.29, 1.82) is 0 Å². The van der Waals surface area contributed by atoms with Gasteiger partial charge in [-0.1, -0.05) is 18.5 Å². The summed E-state index contributed by atoms with van der Waals surface area (Å²) in [5.41, 5.74) is 0. The highest BCUT2D eigenvalue weighted by molar-refractivity contribution is 7.89. The Morgan fingerprint density at radius 3 is 2.33 bits per heavy atom. The van der Waals surface area contributed by atoms with Crippen LogP contribution in [0.4, 0.5) is 0 Å². The number of benzene rings is 1. The molecule has 0 radical (unpaired) electrons. The summed E-state index contributed by atoms with van der Waals surface area (Å²) >= 11 is 5.86. The fourth-order valence-electron chi connectivity index (χ4n) is 3.60. The molecule has 134 valence electrons. The Kier molecular flexibility index (Phi) is 5.20. The predicted molar refractivity (Wildman–Crippen MR) is 89.3 cm³/mol. The van der Waals surface area contributed by atoms with Crippen molar-refractivity contribution in [3.63, 3.8) is 0 Å². The van der Waals surface area contributed by atoms with Gasteiger partial charge >= 0.3 is 0 Å². The number of aliphatic hydroxyl groups is 1. The van der Waals surface area contributed by atoms with Gasteiger partial charge in [-0.25, -0.2) is 8.42 Å². The fraction of sp³-hybridized carbons (Fsp3) is 0.625. The molecule has 0 saturated carbocycles. The summed E-state index contributed by atoms with van der Waals surface area (Å²) < 4.78 is 39.2. The largest absolute Gasteiger partial charge is 0.395 e. The van der Waals surface area contributed by atoms with Gasteiger partial charge in [-0.3, -0.25) is 0 Å². The molecular weight excluding hydrogens is 354 g/mol. The van der Waals surface area contributed by atoms with E-state index in [0.717, 1.165) is 0 Å². The average molecular weight is 376 g/mol. The van der Waals surface area contributed by atoms with Crippen molar-refractivity contribution in [1.82, 2.24) is 4.31 Å². The lowest BCUT2D eigenvalue weighted by Gasteiger charge is -2.46. The van der Waals surface area contributed by atoms with E-state index in [-0.39, 0.29) is 17.5 Å². The second-order valence-electron chi connectivity index (χ2n) is 6.20. The van der Waals surface area contributed by atoms with Crippen molar-refractivity contribution in [2.24, 2.45) is 0 Å². The smallest absolute Gasteiger partial charge is 0.243 e.